The second-order valence-electron chi connectivity index (χ2n) is 5.40. The summed E-state index contributed by atoms with van der Waals surface area (Å²) in [6, 6.07) is 14.4. The first-order chi connectivity index (χ1) is 12.7. The number of nitrogens with zero attached hydrogens (tertiary/aromatic N) is 2. The Hall–Kier alpha value is -2.86. The van der Waals surface area contributed by atoms with Crippen LogP contribution in [0.1, 0.15) is 18.4 Å². The Morgan fingerprint density at radius 2 is 1.88 bits per heavy atom. The molecule has 0 amide bonds. The summed E-state index contributed by atoms with van der Waals surface area (Å²) in [5.74, 6) is 0.877. The molecule has 0 bridgehead atoms. The fourth-order valence-electron chi connectivity index (χ4n) is 2.29. The van der Waals surface area contributed by atoms with Crippen LogP contribution in [-0.2, 0) is 22.6 Å². The van der Waals surface area contributed by atoms with Crippen LogP contribution < -0.4 is 4.74 Å². The Bertz CT molecular complexity index is 877. The monoisotopic (exact) mass is 372 g/mol. The second kappa shape index (κ2) is 8.49. The molecule has 134 valence electrons. The van der Waals surface area contributed by atoms with Crippen molar-refractivity contribution < 1.29 is 18.7 Å². The summed E-state index contributed by atoms with van der Waals surface area (Å²) < 4.78 is 16.0. The van der Waals surface area contributed by atoms with Gasteiger partial charge in [-0.2, -0.15) is 0 Å². The third kappa shape index (κ3) is 4.61. The number of esters is 1. The highest BCUT2D eigenvalue weighted by atomic mass is 35.5. The van der Waals surface area contributed by atoms with E-state index in [2.05, 4.69) is 10.2 Å². The molecule has 0 spiro atoms. The number of hydrogen-bond donors (Lipinski definition) is 0. The lowest BCUT2D eigenvalue weighted by Gasteiger charge is -2.05. The zero-order valence-corrected chi connectivity index (χ0v) is 14.9. The SMILES string of the molecule is CCOc1ccc(CC(=O)OCc2nnc(-c3ccccc3Cl)o2)cc1. The molecule has 7 heteroatoms. The topological polar surface area (TPSA) is 74.5 Å². The molecule has 26 heavy (non-hydrogen) atoms. The van der Waals surface area contributed by atoms with Crippen LogP contribution in [0.5, 0.6) is 5.75 Å². The van der Waals surface area contributed by atoms with Gasteiger partial charge >= 0.3 is 5.97 Å². The molecule has 3 aromatic rings. The first-order valence-corrected chi connectivity index (χ1v) is 8.48. The highest BCUT2D eigenvalue weighted by Crippen LogP contribution is 2.26. The highest BCUT2D eigenvalue weighted by Gasteiger charge is 2.13. The average Bonchev–Trinajstić information content (AvgIpc) is 3.11. The van der Waals surface area contributed by atoms with Crippen LogP contribution >= 0.6 is 11.6 Å². The van der Waals surface area contributed by atoms with Crippen LogP contribution in [0.25, 0.3) is 11.5 Å². The lowest BCUT2D eigenvalue weighted by molar-refractivity contribution is -0.144. The first-order valence-electron chi connectivity index (χ1n) is 8.10. The van der Waals surface area contributed by atoms with Crippen LogP contribution in [0.4, 0.5) is 0 Å². The fraction of sp³-hybridized carbons (Fsp3) is 0.211. The van der Waals surface area contributed by atoms with Crippen LogP contribution in [0.3, 0.4) is 0 Å². The standard InChI is InChI=1S/C19H17ClN2O4/c1-2-24-14-9-7-13(8-10-14)11-18(23)25-12-17-21-22-19(26-17)15-5-3-4-6-16(15)20/h3-10H,2,11-12H2,1H3. The molecule has 0 unspecified atom stereocenters. The number of benzene rings is 2. The Kier molecular flexibility index (Phi) is 5.86. The van der Waals surface area contributed by atoms with Crippen molar-refractivity contribution in [2.24, 2.45) is 0 Å². The minimum atomic E-state index is -0.383. The van der Waals surface area contributed by atoms with E-state index in [4.69, 9.17) is 25.5 Å². The number of aromatic nitrogens is 2. The Morgan fingerprint density at radius 3 is 2.62 bits per heavy atom. The number of halogens is 1. The van der Waals surface area contributed by atoms with E-state index in [9.17, 15) is 4.79 Å². The zero-order chi connectivity index (χ0) is 18.4. The van der Waals surface area contributed by atoms with Crippen molar-refractivity contribution in [3.8, 4) is 17.2 Å². The number of carbonyl (C=O) groups excluding carboxylic acids is 1. The normalized spacial score (nSPS) is 10.5. The molecular weight excluding hydrogens is 356 g/mol. The summed E-state index contributed by atoms with van der Waals surface area (Å²) in [6.45, 7) is 2.43. The summed E-state index contributed by atoms with van der Waals surface area (Å²) in [5, 5.41) is 8.32. The number of rotatable bonds is 7. The molecule has 0 radical (unpaired) electrons. The predicted molar refractivity (Wildman–Crippen MR) is 95.9 cm³/mol. The molecule has 0 saturated carbocycles. The smallest absolute Gasteiger partial charge is 0.310 e. The van der Waals surface area contributed by atoms with E-state index >= 15 is 0 Å². The van der Waals surface area contributed by atoms with Crippen molar-refractivity contribution in [1.29, 1.82) is 0 Å². The number of carbonyl (C=O) groups is 1. The molecule has 1 heterocycles. The van der Waals surface area contributed by atoms with Crippen LogP contribution in [0, 0.1) is 0 Å². The summed E-state index contributed by atoms with van der Waals surface area (Å²) in [7, 11) is 0. The molecule has 0 aliphatic rings. The van der Waals surface area contributed by atoms with Gasteiger partial charge in [0.05, 0.1) is 23.6 Å². The van der Waals surface area contributed by atoms with Crippen LogP contribution in [-0.4, -0.2) is 22.8 Å². The molecule has 0 saturated heterocycles. The third-order valence-corrected chi connectivity index (χ3v) is 3.84. The zero-order valence-electron chi connectivity index (χ0n) is 14.1. The van der Waals surface area contributed by atoms with E-state index in [0.717, 1.165) is 11.3 Å². The van der Waals surface area contributed by atoms with Gasteiger partial charge in [0.25, 0.3) is 5.89 Å². The van der Waals surface area contributed by atoms with Gasteiger partial charge in [0.15, 0.2) is 6.61 Å². The van der Waals surface area contributed by atoms with Crippen molar-refractivity contribution in [2.75, 3.05) is 6.61 Å². The minimum Gasteiger partial charge on any atom is -0.494 e. The molecular formula is C19H17ClN2O4. The summed E-state index contributed by atoms with van der Waals surface area (Å²) in [4.78, 5) is 12.0. The van der Waals surface area contributed by atoms with E-state index in [1.165, 1.54) is 0 Å². The van der Waals surface area contributed by atoms with Crippen molar-refractivity contribution >= 4 is 17.6 Å². The van der Waals surface area contributed by atoms with Crippen molar-refractivity contribution in [3.63, 3.8) is 0 Å². The van der Waals surface area contributed by atoms with E-state index < -0.39 is 0 Å². The lowest BCUT2D eigenvalue weighted by Crippen LogP contribution is -2.08. The number of hydrogen-bond acceptors (Lipinski definition) is 6. The van der Waals surface area contributed by atoms with E-state index in [1.807, 2.05) is 43.3 Å². The maximum absolute atomic E-state index is 12.0. The summed E-state index contributed by atoms with van der Waals surface area (Å²) in [6.07, 6.45) is 0.151. The van der Waals surface area contributed by atoms with Gasteiger partial charge in [-0.25, -0.2) is 0 Å². The molecule has 0 aliphatic heterocycles. The van der Waals surface area contributed by atoms with Gasteiger partial charge in [0.1, 0.15) is 5.75 Å². The van der Waals surface area contributed by atoms with Gasteiger partial charge in [-0.15, -0.1) is 10.2 Å². The molecule has 6 nitrogen and oxygen atoms in total. The van der Waals surface area contributed by atoms with Crippen LogP contribution in [0.15, 0.2) is 52.9 Å². The van der Waals surface area contributed by atoms with Gasteiger partial charge in [-0.05, 0) is 36.8 Å². The summed E-state index contributed by atoms with van der Waals surface area (Å²) >= 11 is 6.09. The second-order valence-corrected chi connectivity index (χ2v) is 5.80. The molecule has 2 aromatic carbocycles. The maximum Gasteiger partial charge on any atom is 0.310 e. The maximum atomic E-state index is 12.0. The highest BCUT2D eigenvalue weighted by molar-refractivity contribution is 6.33. The van der Waals surface area contributed by atoms with E-state index in [0.29, 0.717) is 17.2 Å². The van der Waals surface area contributed by atoms with Gasteiger partial charge in [-0.3, -0.25) is 4.79 Å². The molecule has 0 N–H and O–H groups in total. The number of ether oxygens (including phenoxy) is 2. The largest absolute Gasteiger partial charge is 0.494 e. The first kappa shape index (κ1) is 17.9. The van der Waals surface area contributed by atoms with Gasteiger partial charge in [0.2, 0.25) is 5.89 Å². The lowest BCUT2D eigenvalue weighted by atomic mass is 10.1. The average molecular weight is 373 g/mol. The predicted octanol–water partition coefficient (Wildman–Crippen LogP) is 4.07. The molecule has 0 fully saturated rings. The van der Waals surface area contributed by atoms with E-state index in [1.54, 1.807) is 12.1 Å². The Labute approximate surface area is 155 Å². The quantitative estimate of drug-likeness (QED) is 0.582. The third-order valence-electron chi connectivity index (χ3n) is 3.51. The molecule has 3 rings (SSSR count). The summed E-state index contributed by atoms with van der Waals surface area (Å²) in [5.41, 5.74) is 1.47. The van der Waals surface area contributed by atoms with Crippen molar-refractivity contribution in [3.05, 3.63) is 65.0 Å². The molecule has 1 aromatic heterocycles. The van der Waals surface area contributed by atoms with Crippen molar-refractivity contribution in [1.82, 2.24) is 10.2 Å². The molecule has 0 atom stereocenters. The van der Waals surface area contributed by atoms with Gasteiger partial charge in [-0.1, -0.05) is 35.9 Å². The fourth-order valence-corrected chi connectivity index (χ4v) is 2.50. The minimum absolute atomic E-state index is 0.0900. The molecule has 0 aliphatic carbocycles. The Morgan fingerprint density at radius 1 is 1.12 bits per heavy atom. The van der Waals surface area contributed by atoms with E-state index in [-0.39, 0.29) is 30.8 Å². The van der Waals surface area contributed by atoms with Crippen molar-refractivity contribution in [2.45, 2.75) is 20.0 Å². The Balaban J connectivity index is 1.54. The van der Waals surface area contributed by atoms with Crippen LogP contribution in [0.2, 0.25) is 5.02 Å². The van der Waals surface area contributed by atoms with Gasteiger partial charge in [0, 0.05) is 0 Å². The van der Waals surface area contributed by atoms with Gasteiger partial charge < -0.3 is 13.9 Å².